The lowest BCUT2D eigenvalue weighted by molar-refractivity contribution is 0.0581. The molecular formula is C26H27NO2. The van der Waals surface area contributed by atoms with Crippen LogP contribution in [0.5, 0.6) is 5.75 Å². The van der Waals surface area contributed by atoms with Gasteiger partial charge in [-0.15, -0.1) is 0 Å². The van der Waals surface area contributed by atoms with Crippen molar-refractivity contribution in [3.8, 4) is 16.9 Å². The number of likely N-dealkylation sites (tertiary alicyclic amines) is 1. The molecule has 3 nitrogen and oxygen atoms in total. The van der Waals surface area contributed by atoms with Crippen LogP contribution in [-0.2, 0) is 0 Å². The lowest BCUT2D eigenvalue weighted by Gasteiger charge is -2.36. The molecule has 0 bridgehead atoms. The van der Waals surface area contributed by atoms with E-state index in [4.69, 9.17) is 4.74 Å². The van der Waals surface area contributed by atoms with Crippen LogP contribution in [0.1, 0.15) is 36.0 Å². The van der Waals surface area contributed by atoms with Gasteiger partial charge in [-0.1, -0.05) is 66.7 Å². The second kappa shape index (κ2) is 9.42. The van der Waals surface area contributed by atoms with Crippen LogP contribution in [0.25, 0.3) is 11.1 Å². The van der Waals surface area contributed by atoms with Crippen molar-refractivity contribution in [1.29, 1.82) is 0 Å². The van der Waals surface area contributed by atoms with E-state index in [-0.39, 0.29) is 11.9 Å². The number of piperidine rings is 1. The maximum Gasteiger partial charge on any atom is 0.254 e. The maximum absolute atomic E-state index is 13.5. The van der Waals surface area contributed by atoms with Crippen LogP contribution in [0.3, 0.4) is 0 Å². The topological polar surface area (TPSA) is 29.5 Å². The van der Waals surface area contributed by atoms with E-state index in [1.807, 2.05) is 72.8 Å². The predicted molar refractivity (Wildman–Crippen MR) is 117 cm³/mol. The Labute approximate surface area is 172 Å². The minimum atomic E-state index is 0.133. The van der Waals surface area contributed by atoms with E-state index in [0.717, 1.165) is 48.2 Å². The van der Waals surface area contributed by atoms with Gasteiger partial charge < -0.3 is 9.64 Å². The molecule has 1 aliphatic heterocycles. The Kier molecular flexibility index (Phi) is 6.25. The zero-order chi connectivity index (χ0) is 19.9. The van der Waals surface area contributed by atoms with E-state index in [1.54, 1.807) is 0 Å². The molecule has 148 valence electrons. The van der Waals surface area contributed by atoms with E-state index < -0.39 is 0 Å². The van der Waals surface area contributed by atoms with Crippen LogP contribution < -0.4 is 4.74 Å². The lowest BCUT2D eigenvalue weighted by Crippen LogP contribution is -2.44. The number of hydrogen-bond acceptors (Lipinski definition) is 2. The summed E-state index contributed by atoms with van der Waals surface area (Å²) in [5, 5.41) is 0. The molecule has 1 fully saturated rings. The van der Waals surface area contributed by atoms with Crippen LogP contribution in [0.15, 0.2) is 84.9 Å². The van der Waals surface area contributed by atoms with Crippen LogP contribution in [0.4, 0.5) is 0 Å². The Morgan fingerprint density at radius 1 is 0.862 bits per heavy atom. The zero-order valence-electron chi connectivity index (χ0n) is 16.7. The largest absolute Gasteiger partial charge is 0.494 e. The molecule has 0 saturated carbocycles. The van der Waals surface area contributed by atoms with E-state index >= 15 is 0 Å². The third-order valence-electron chi connectivity index (χ3n) is 5.59. The fourth-order valence-corrected chi connectivity index (χ4v) is 4.09. The second-order valence-corrected chi connectivity index (χ2v) is 7.51. The Morgan fingerprint density at radius 3 is 2.34 bits per heavy atom. The fraction of sp³-hybridized carbons (Fsp3) is 0.269. The average Bonchev–Trinajstić information content (AvgIpc) is 2.80. The molecule has 0 spiro atoms. The third kappa shape index (κ3) is 4.68. The van der Waals surface area contributed by atoms with E-state index in [2.05, 4.69) is 17.0 Å². The Hall–Kier alpha value is -3.07. The second-order valence-electron chi connectivity index (χ2n) is 7.51. The maximum atomic E-state index is 13.5. The van der Waals surface area contributed by atoms with Gasteiger partial charge in [-0.2, -0.15) is 0 Å². The average molecular weight is 386 g/mol. The molecule has 29 heavy (non-hydrogen) atoms. The number of rotatable bonds is 6. The summed E-state index contributed by atoms with van der Waals surface area (Å²) in [4.78, 5) is 15.6. The highest BCUT2D eigenvalue weighted by Gasteiger charge is 2.28. The number of carbonyl (C=O) groups excluding carboxylic acids is 1. The van der Waals surface area contributed by atoms with Gasteiger partial charge in [0.25, 0.3) is 5.91 Å². The van der Waals surface area contributed by atoms with Gasteiger partial charge in [0.1, 0.15) is 5.75 Å². The first kappa shape index (κ1) is 19.3. The van der Waals surface area contributed by atoms with E-state index in [0.29, 0.717) is 6.61 Å². The van der Waals surface area contributed by atoms with Gasteiger partial charge in [0.2, 0.25) is 0 Å². The number of benzene rings is 3. The molecule has 3 aromatic rings. The molecule has 1 saturated heterocycles. The Balaban J connectivity index is 1.49. The molecule has 1 unspecified atom stereocenters. The fourth-order valence-electron chi connectivity index (χ4n) is 4.09. The highest BCUT2D eigenvalue weighted by molar-refractivity contribution is 6.01. The first-order valence-corrected chi connectivity index (χ1v) is 10.5. The minimum Gasteiger partial charge on any atom is -0.494 e. The Bertz CT molecular complexity index is 924. The van der Waals surface area contributed by atoms with Crippen molar-refractivity contribution in [3.05, 3.63) is 90.5 Å². The number of para-hydroxylation sites is 1. The van der Waals surface area contributed by atoms with Crippen molar-refractivity contribution >= 4 is 5.91 Å². The number of carbonyl (C=O) groups is 1. The number of nitrogens with zero attached hydrogens (tertiary/aromatic N) is 1. The molecule has 0 radical (unpaired) electrons. The SMILES string of the molecule is O=C(c1ccccc1-c1ccccc1)N1CCCCC1CCOc1ccccc1. The number of hydrogen-bond donors (Lipinski definition) is 0. The summed E-state index contributed by atoms with van der Waals surface area (Å²) < 4.78 is 5.90. The highest BCUT2D eigenvalue weighted by Crippen LogP contribution is 2.28. The highest BCUT2D eigenvalue weighted by atomic mass is 16.5. The van der Waals surface area contributed by atoms with Crippen molar-refractivity contribution in [2.24, 2.45) is 0 Å². The standard InChI is InChI=1S/C26H27NO2/c28-26(25-17-8-7-16-24(25)21-11-3-1-4-12-21)27-19-10-9-13-22(27)18-20-29-23-14-5-2-6-15-23/h1-8,11-12,14-17,22H,9-10,13,18-20H2. The first-order chi connectivity index (χ1) is 14.3. The van der Waals surface area contributed by atoms with Crippen LogP contribution in [-0.4, -0.2) is 30.0 Å². The van der Waals surface area contributed by atoms with Crippen molar-refractivity contribution < 1.29 is 9.53 Å². The summed E-state index contributed by atoms with van der Waals surface area (Å²) in [5.74, 6) is 1.02. The Morgan fingerprint density at radius 2 is 1.55 bits per heavy atom. The van der Waals surface area contributed by atoms with Crippen molar-refractivity contribution in [1.82, 2.24) is 4.90 Å². The predicted octanol–water partition coefficient (Wildman–Crippen LogP) is 5.82. The van der Waals surface area contributed by atoms with Gasteiger partial charge >= 0.3 is 0 Å². The number of amides is 1. The molecule has 0 aliphatic carbocycles. The van der Waals surface area contributed by atoms with Crippen molar-refractivity contribution in [2.75, 3.05) is 13.2 Å². The van der Waals surface area contributed by atoms with Crippen LogP contribution in [0.2, 0.25) is 0 Å². The summed E-state index contributed by atoms with van der Waals surface area (Å²) in [7, 11) is 0. The summed E-state index contributed by atoms with van der Waals surface area (Å²) >= 11 is 0. The van der Waals surface area contributed by atoms with Crippen LogP contribution >= 0.6 is 0 Å². The molecule has 1 aliphatic rings. The van der Waals surface area contributed by atoms with Gasteiger partial charge in [-0.25, -0.2) is 0 Å². The van der Waals surface area contributed by atoms with Gasteiger partial charge in [-0.3, -0.25) is 4.79 Å². The zero-order valence-corrected chi connectivity index (χ0v) is 16.7. The van der Waals surface area contributed by atoms with Gasteiger partial charge in [0.05, 0.1) is 6.61 Å². The van der Waals surface area contributed by atoms with E-state index in [1.165, 1.54) is 6.42 Å². The molecular weight excluding hydrogens is 358 g/mol. The third-order valence-corrected chi connectivity index (χ3v) is 5.59. The quantitative estimate of drug-likeness (QED) is 0.535. The van der Waals surface area contributed by atoms with Crippen molar-refractivity contribution in [2.45, 2.75) is 31.7 Å². The molecule has 1 heterocycles. The van der Waals surface area contributed by atoms with Gasteiger partial charge in [-0.05, 0) is 48.6 Å². The molecule has 1 amide bonds. The molecule has 0 N–H and O–H groups in total. The lowest BCUT2D eigenvalue weighted by atomic mass is 9.95. The monoisotopic (exact) mass is 385 g/mol. The smallest absolute Gasteiger partial charge is 0.254 e. The summed E-state index contributed by atoms with van der Waals surface area (Å²) in [5.41, 5.74) is 2.87. The molecule has 3 heteroatoms. The molecule has 4 rings (SSSR count). The number of ether oxygens (including phenoxy) is 1. The minimum absolute atomic E-state index is 0.133. The first-order valence-electron chi connectivity index (χ1n) is 10.5. The molecule has 1 atom stereocenters. The normalized spacial score (nSPS) is 16.4. The van der Waals surface area contributed by atoms with Crippen molar-refractivity contribution in [3.63, 3.8) is 0 Å². The van der Waals surface area contributed by atoms with Crippen LogP contribution in [0, 0.1) is 0 Å². The summed E-state index contributed by atoms with van der Waals surface area (Å²) in [6.45, 7) is 1.44. The molecule has 3 aromatic carbocycles. The summed E-state index contributed by atoms with van der Waals surface area (Å²) in [6, 6.07) is 28.2. The molecule has 0 aromatic heterocycles. The van der Waals surface area contributed by atoms with Gasteiger partial charge in [0.15, 0.2) is 0 Å². The summed E-state index contributed by atoms with van der Waals surface area (Å²) in [6.07, 6.45) is 4.13. The van der Waals surface area contributed by atoms with Gasteiger partial charge in [0, 0.05) is 24.6 Å². The van der Waals surface area contributed by atoms with E-state index in [9.17, 15) is 4.79 Å².